The molecule has 1 aromatic rings. The lowest BCUT2D eigenvalue weighted by Gasteiger charge is -2.32. The Hall–Kier alpha value is -0.535. The highest BCUT2D eigenvalue weighted by atomic mass is 127. The third-order valence-electron chi connectivity index (χ3n) is 3.84. The van der Waals surface area contributed by atoms with Crippen molar-refractivity contribution in [2.75, 3.05) is 0 Å². The van der Waals surface area contributed by atoms with E-state index in [0.717, 1.165) is 12.1 Å². The maximum absolute atomic E-state index is 14.2. The van der Waals surface area contributed by atoms with Crippen molar-refractivity contribution in [3.63, 3.8) is 0 Å². The molecule has 0 spiro atoms. The van der Waals surface area contributed by atoms with Crippen molar-refractivity contribution in [1.29, 1.82) is 0 Å². The molecule has 0 amide bonds. The molecular weight excluding hydrogens is 395 g/mol. The normalized spacial score (nSPS) is 21.0. The molecule has 0 aromatic heterocycles. The van der Waals surface area contributed by atoms with E-state index in [1.54, 1.807) is 50.3 Å². The smallest absolute Gasteiger partial charge is 0.398 e. The lowest BCUT2D eigenvalue weighted by Crippen LogP contribution is -2.41. The fourth-order valence-electron chi connectivity index (χ4n) is 1.84. The van der Waals surface area contributed by atoms with Crippen LogP contribution in [-0.4, -0.2) is 18.3 Å². The maximum Gasteiger partial charge on any atom is 0.525 e. The van der Waals surface area contributed by atoms with Crippen LogP contribution in [0.25, 0.3) is 6.08 Å². The number of rotatable bonds is 2. The van der Waals surface area contributed by atoms with Crippen LogP contribution in [0, 0.1) is 15.2 Å². The van der Waals surface area contributed by atoms with Crippen molar-refractivity contribution in [3.05, 3.63) is 38.6 Å². The van der Waals surface area contributed by atoms with Gasteiger partial charge in [-0.15, -0.1) is 0 Å². The molecule has 2 nitrogen and oxygen atoms in total. The maximum atomic E-state index is 14.2. The summed E-state index contributed by atoms with van der Waals surface area (Å²) < 4.78 is 53.0. The summed E-state index contributed by atoms with van der Waals surface area (Å²) in [6, 6.07) is 2.38. The Morgan fingerprint density at radius 3 is 2.19 bits per heavy atom. The molecule has 0 N–H and O–H groups in total. The molecule has 0 bridgehead atoms. The molecule has 1 fully saturated rings. The van der Waals surface area contributed by atoms with Gasteiger partial charge in [0.25, 0.3) is 0 Å². The molecule has 1 aliphatic heterocycles. The quantitative estimate of drug-likeness (QED) is 0.406. The zero-order chi connectivity index (χ0) is 16.0. The minimum Gasteiger partial charge on any atom is -0.398 e. The van der Waals surface area contributed by atoms with Crippen LogP contribution in [0.5, 0.6) is 0 Å². The van der Waals surface area contributed by atoms with E-state index in [1.165, 1.54) is 6.07 Å². The molecule has 0 saturated carbocycles. The number of hydrogen-bond acceptors (Lipinski definition) is 2. The van der Waals surface area contributed by atoms with Gasteiger partial charge in [0.15, 0.2) is 0 Å². The van der Waals surface area contributed by atoms with E-state index in [0.29, 0.717) is 0 Å². The zero-order valence-electron chi connectivity index (χ0n) is 12.1. The molecule has 1 aliphatic rings. The van der Waals surface area contributed by atoms with E-state index in [-0.39, 0.29) is 3.57 Å². The monoisotopic (exact) mass is 410 g/mol. The first-order valence-electron chi connectivity index (χ1n) is 6.41. The number of halogens is 4. The van der Waals surface area contributed by atoms with Gasteiger partial charge in [0, 0.05) is 9.13 Å². The summed E-state index contributed by atoms with van der Waals surface area (Å²) in [5.74, 6) is -1.64. The highest BCUT2D eigenvalue weighted by molar-refractivity contribution is 14.1. The van der Waals surface area contributed by atoms with Gasteiger partial charge in [-0.3, -0.25) is 0 Å². The van der Waals surface area contributed by atoms with Crippen molar-refractivity contribution in [1.82, 2.24) is 0 Å². The highest BCUT2D eigenvalue weighted by Gasteiger charge is 2.53. The Balaban J connectivity index is 2.34. The summed E-state index contributed by atoms with van der Waals surface area (Å²) in [4.78, 5) is 0. The van der Waals surface area contributed by atoms with E-state index in [2.05, 4.69) is 0 Å². The van der Waals surface area contributed by atoms with E-state index < -0.39 is 41.2 Å². The van der Waals surface area contributed by atoms with Crippen molar-refractivity contribution in [2.24, 2.45) is 0 Å². The second-order valence-corrected chi connectivity index (χ2v) is 7.04. The van der Waals surface area contributed by atoms with Gasteiger partial charge in [0.1, 0.15) is 17.4 Å². The molecule has 0 aliphatic carbocycles. The molecule has 1 heterocycles. The Morgan fingerprint density at radius 2 is 1.67 bits per heavy atom. The Kier molecular flexibility index (Phi) is 4.48. The van der Waals surface area contributed by atoms with Gasteiger partial charge in [-0.1, -0.05) is 0 Å². The molecule has 1 saturated heterocycles. The molecule has 7 heteroatoms. The van der Waals surface area contributed by atoms with Gasteiger partial charge in [-0.2, -0.15) is 0 Å². The fraction of sp³-hybridized carbons (Fsp3) is 0.429. The summed E-state index contributed by atoms with van der Waals surface area (Å²) in [7, 11) is -1.27. The van der Waals surface area contributed by atoms with Gasteiger partial charge < -0.3 is 9.31 Å². The highest BCUT2D eigenvalue weighted by Crippen LogP contribution is 2.39. The summed E-state index contributed by atoms with van der Waals surface area (Å²) in [5.41, 5.74) is -2.74. The summed E-state index contributed by atoms with van der Waals surface area (Å²) >= 11 is 1.72. The number of hydrogen-bond donors (Lipinski definition) is 0. The molecule has 114 valence electrons. The van der Waals surface area contributed by atoms with Crippen LogP contribution in [0.3, 0.4) is 0 Å². The lowest BCUT2D eigenvalue weighted by atomic mass is 9.86. The molecule has 0 unspecified atom stereocenters. The fourth-order valence-corrected chi connectivity index (χ4v) is 2.31. The van der Waals surface area contributed by atoms with E-state index >= 15 is 0 Å². The van der Waals surface area contributed by atoms with Crippen LogP contribution < -0.4 is 0 Å². The molecular formula is C14H15BF3IO2. The standard InChI is InChI=1S/C14H15BF3IO2/c1-13(2)14(3,4)21-15(20-13)11(17)7-8-9(16)5-6-10(19)12(8)18/h5-7H,1-4H3. The average molecular weight is 410 g/mol. The van der Waals surface area contributed by atoms with Crippen LogP contribution in [0.1, 0.15) is 33.3 Å². The first-order valence-corrected chi connectivity index (χ1v) is 7.49. The molecule has 0 radical (unpaired) electrons. The van der Waals surface area contributed by atoms with Crippen molar-refractivity contribution < 1.29 is 22.5 Å². The largest absolute Gasteiger partial charge is 0.525 e. The van der Waals surface area contributed by atoms with Gasteiger partial charge in [-0.25, -0.2) is 13.2 Å². The predicted molar refractivity (Wildman–Crippen MR) is 84.2 cm³/mol. The minimum absolute atomic E-state index is 0.210. The van der Waals surface area contributed by atoms with E-state index in [1.807, 2.05) is 0 Å². The second kappa shape index (κ2) is 5.59. The van der Waals surface area contributed by atoms with E-state index in [4.69, 9.17) is 9.31 Å². The summed E-state index contributed by atoms with van der Waals surface area (Å²) in [5, 5.41) is 0. The average Bonchev–Trinajstić information content (AvgIpc) is 2.59. The van der Waals surface area contributed by atoms with Gasteiger partial charge in [0.05, 0.1) is 11.2 Å². The van der Waals surface area contributed by atoms with E-state index in [9.17, 15) is 13.2 Å². The molecule has 0 atom stereocenters. The van der Waals surface area contributed by atoms with Crippen LogP contribution >= 0.6 is 22.6 Å². The van der Waals surface area contributed by atoms with Gasteiger partial charge in [-0.05, 0) is 68.5 Å². The van der Waals surface area contributed by atoms with Crippen LogP contribution in [0.4, 0.5) is 13.2 Å². The zero-order valence-corrected chi connectivity index (χ0v) is 14.3. The van der Waals surface area contributed by atoms with Gasteiger partial charge in [0.2, 0.25) is 0 Å². The molecule has 2 rings (SSSR count). The van der Waals surface area contributed by atoms with Crippen LogP contribution in [-0.2, 0) is 9.31 Å². The van der Waals surface area contributed by atoms with Crippen molar-refractivity contribution >= 4 is 35.8 Å². The lowest BCUT2D eigenvalue weighted by molar-refractivity contribution is 0.00578. The first-order chi connectivity index (χ1) is 9.55. The molecule has 21 heavy (non-hydrogen) atoms. The first kappa shape index (κ1) is 16.8. The van der Waals surface area contributed by atoms with Crippen LogP contribution in [0.15, 0.2) is 17.9 Å². The SMILES string of the molecule is CC1(C)OB(C(F)=Cc2c(F)ccc(I)c2F)OC1(C)C. The van der Waals surface area contributed by atoms with Gasteiger partial charge >= 0.3 is 7.12 Å². The number of benzene rings is 1. The Morgan fingerprint density at radius 1 is 1.14 bits per heavy atom. The Labute approximate surface area is 136 Å². The second-order valence-electron chi connectivity index (χ2n) is 5.87. The van der Waals surface area contributed by atoms with Crippen molar-refractivity contribution in [2.45, 2.75) is 38.9 Å². The Bertz CT molecular complexity index is 586. The summed E-state index contributed by atoms with van der Waals surface area (Å²) in [6.45, 7) is 7.08. The predicted octanol–water partition coefficient (Wildman–Crippen LogP) is 4.51. The third-order valence-corrected chi connectivity index (χ3v) is 4.67. The minimum atomic E-state index is -1.27. The topological polar surface area (TPSA) is 18.5 Å². The molecule has 1 aromatic carbocycles. The van der Waals surface area contributed by atoms with Crippen molar-refractivity contribution in [3.8, 4) is 0 Å². The van der Waals surface area contributed by atoms with Crippen LogP contribution in [0.2, 0.25) is 0 Å². The third kappa shape index (κ3) is 3.14. The summed E-state index contributed by atoms with van der Waals surface area (Å²) in [6.07, 6.45) is 0.787.